The zero-order chi connectivity index (χ0) is 24.3. The SMILES string of the molecule is Cc1cc(-n2nc(C(C)(C)C)cc2NC(=O)Nc2ncc(CCN3CCOCC3)s2)ccc1O. The van der Waals surface area contributed by atoms with Gasteiger partial charge >= 0.3 is 6.03 Å². The number of amides is 2. The van der Waals surface area contributed by atoms with Crippen molar-refractivity contribution in [3.63, 3.8) is 0 Å². The highest BCUT2D eigenvalue weighted by atomic mass is 32.1. The van der Waals surface area contributed by atoms with Crippen LogP contribution in [0.15, 0.2) is 30.5 Å². The lowest BCUT2D eigenvalue weighted by atomic mass is 9.92. The summed E-state index contributed by atoms with van der Waals surface area (Å²) in [7, 11) is 0. The minimum Gasteiger partial charge on any atom is -0.508 e. The monoisotopic (exact) mass is 484 g/mol. The topological polar surface area (TPSA) is 105 Å². The highest BCUT2D eigenvalue weighted by Crippen LogP contribution is 2.28. The Morgan fingerprint density at radius 2 is 1.97 bits per heavy atom. The van der Waals surface area contributed by atoms with E-state index in [9.17, 15) is 9.90 Å². The molecule has 3 heterocycles. The van der Waals surface area contributed by atoms with E-state index in [4.69, 9.17) is 9.84 Å². The Morgan fingerprint density at radius 3 is 2.68 bits per heavy atom. The number of aromatic nitrogens is 3. The molecule has 4 rings (SSSR count). The van der Waals surface area contributed by atoms with E-state index < -0.39 is 0 Å². The number of benzene rings is 1. The minimum atomic E-state index is -0.383. The normalized spacial score (nSPS) is 14.8. The molecule has 2 amide bonds. The number of phenols is 1. The maximum Gasteiger partial charge on any atom is 0.326 e. The van der Waals surface area contributed by atoms with E-state index in [1.807, 2.05) is 25.3 Å². The first-order valence-corrected chi connectivity index (χ1v) is 12.2. The molecule has 1 saturated heterocycles. The second kappa shape index (κ2) is 10.1. The van der Waals surface area contributed by atoms with Crippen LogP contribution in [0.4, 0.5) is 15.7 Å². The highest BCUT2D eigenvalue weighted by molar-refractivity contribution is 7.15. The molecule has 1 aliphatic heterocycles. The van der Waals surface area contributed by atoms with Gasteiger partial charge in [0.05, 0.1) is 24.6 Å². The molecule has 1 fully saturated rings. The van der Waals surface area contributed by atoms with Crippen LogP contribution in [-0.4, -0.2) is 63.7 Å². The Balaban J connectivity index is 1.44. The van der Waals surface area contributed by atoms with E-state index in [-0.39, 0.29) is 17.2 Å². The van der Waals surface area contributed by atoms with Crippen molar-refractivity contribution in [1.82, 2.24) is 19.7 Å². The number of hydrogen-bond acceptors (Lipinski definition) is 7. The van der Waals surface area contributed by atoms with Gasteiger partial charge in [-0.05, 0) is 37.1 Å². The molecule has 0 atom stereocenters. The number of rotatable bonds is 6. The first kappa shape index (κ1) is 24.2. The van der Waals surface area contributed by atoms with Crippen LogP contribution in [0.3, 0.4) is 0 Å². The molecule has 1 aromatic carbocycles. The fourth-order valence-corrected chi connectivity index (χ4v) is 4.42. The number of carbonyl (C=O) groups excluding carboxylic acids is 1. The number of morpholine rings is 1. The van der Waals surface area contributed by atoms with Crippen LogP contribution in [0, 0.1) is 6.92 Å². The lowest BCUT2D eigenvalue weighted by Crippen LogP contribution is -2.37. The van der Waals surface area contributed by atoms with E-state index in [2.05, 4.69) is 41.3 Å². The summed E-state index contributed by atoms with van der Waals surface area (Å²) in [5.41, 5.74) is 2.12. The number of aromatic hydroxyl groups is 1. The zero-order valence-corrected chi connectivity index (χ0v) is 20.9. The summed E-state index contributed by atoms with van der Waals surface area (Å²) in [4.78, 5) is 20.7. The number of carbonyl (C=O) groups is 1. The molecular weight excluding hydrogens is 452 g/mol. The van der Waals surface area contributed by atoms with E-state index >= 15 is 0 Å². The first-order chi connectivity index (χ1) is 16.2. The van der Waals surface area contributed by atoms with Gasteiger partial charge in [0.1, 0.15) is 11.6 Å². The molecule has 10 heteroatoms. The number of nitrogens with zero attached hydrogens (tertiary/aromatic N) is 4. The third-order valence-corrected chi connectivity index (χ3v) is 6.67. The fraction of sp³-hybridized carbons (Fsp3) is 0.458. The van der Waals surface area contributed by atoms with Crippen LogP contribution in [0.25, 0.3) is 5.69 Å². The van der Waals surface area contributed by atoms with Gasteiger partial charge in [-0.25, -0.2) is 14.5 Å². The fourth-order valence-electron chi connectivity index (χ4n) is 3.62. The largest absolute Gasteiger partial charge is 0.508 e. The van der Waals surface area contributed by atoms with Crippen molar-refractivity contribution in [3.05, 3.63) is 46.6 Å². The van der Waals surface area contributed by atoms with Gasteiger partial charge in [0.15, 0.2) is 5.13 Å². The van der Waals surface area contributed by atoms with Gasteiger partial charge in [-0.15, -0.1) is 11.3 Å². The number of aryl methyl sites for hydroxylation is 1. The second-order valence-electron chi connectivity index (χ2n) is 9.46. The number of urea groups is 1. The quantitative estimate of drug-likeness (QED) is 0.485. The van der Waals surface area contributed by atoms with E-state index in [0.717, 1.165) is 61.1 Å². The molecule has 2 aromatic heterocycles. The number of hydrogen-bond donors (Lipinski definition) is 3. The van der Waals surface area contributed by atoms with Gasteiger partial charge in [-0.2, -0.15) is 5.10 Å². The summed E-state index contributed by atoms with van der Waals surface area (Å²) in [6, 6.07) is 6.72. The molecule has 0 aliphatic carbocycles. The number of phenolic OH excluding ortho intramolecular Hbond substituents is 1. The van der Waals surface area contributed by atoms with Crippen LogP contribution in [0.2, 0.25) is 0 Å². The molecule has 0 radical (unpaired) electrons. The smallest absolute Gasteiger partial charge is 0.326 e. The highest BCUT2D eigenvalue weighted by Gasteiger charge is 2.22. The average Bonchev–Trinajstić information content (AvgIpc) is 3.42. The lowest BCUT2D eigenvalue weighted by molar-refractivity contribution is 0.0385. The summed E-state index contributed by atoms with van der Waals surface area (Å²) in [6.07, 6.45) is 2.71. The molecule has 0 spiro atoms. The molecule has 3 aromatic rings. The Labute approximate surface area is 203 Å². The van der Waals surface area contributed by atoms with Gasteiger partial charge < -0.3 is 9.84 Å². The number of thiazole rings is 1. The van der Waals surface area contributed by atoms with Crippen molar-refractivity contribution in [1.29, 1.82) is 0 Å². The third-order valence-electron chi connectivity index (χ3n) is 5.70. The van der Waals surface area contributed by atoms with Crippen molar-refractivity contribution in [3.8, 4) is 11.4 Å². The molecule has 34 heavy (non-hydrogen) atoms. The first-order valence-electron chi connectivity index (χ1n) is 11.4. The maximum absolute atomic E-state index is 12.8. The predicted molar refractivity (Wildman–Crippen MR) is 134 cm³/mol. The van der Waals surface area contributed by atoms with Gasteiger partial charge in [0.2, 0.25) is 0 Å². The molecular formula is C24H32N6O3S. The number of ether oxygens (including phenoxy) is 1. The lowest BCUT2D eigenvalue weighted by Gasteiger charge is -2.26. The third kappa shape index (κ3) is 5.94. The van der Waals surface area contributed by atoms with Crippen LogP contribution in [-0.2, 0) is 16.6 Å². The van der Waals surface area contributed by atoms with Crippen molar-refractivity contribution >= 4 is 28.3 Å². The van der Waals surface area contributed by atoms with Crippen LogP contribution < -0.4 is 10.6 Å². The van der Waals surface area contributed by atoms with Gasteiger partial charge in [-0.1, -0.05) is 20.8 Å². The average molecular weight is 485 g/mol. The Bertz CT molecular complexity index is 1140. The number of nitrogens with one attached hydrogen (secondary N) is 2. The Hall–Kier alpha value is -2.95. The molecule has 182 valence electrons. The summed E-state index contributed by atoms with van der Waals surface area (Å²) in [5.74, 6) is 0.754. The van der Waals surface area contributed by atoms with Gasteiger partial charge in [0, 0.05) is 42.2 Å². The summed E-state index contributed by atoms with van der Waals surface area (Å²) in [6.45, 7) is 12.5. The Morgan fingerprint density at radius 1 is 1.21 bits per heavy atom. The molecule has 1 aliphatic rings. The summed E-state index contributed by atoms with van der Waals surface area (Å²) < 4.78 is 7.08. The predicted octanol–water partition coefficient (Wildman–Crippen LogP) is 4.16. The van der Waals surface area contributed by atoms with Gasteiger partial charge in [0.25, 0.3) is 0 Å². The molecule has 0 saturated carbocycles. The van der Waals surface area contributed by atoms with Crippen molar-refractivity contribution in [2.75, 3.05) is 43.5 Å². The molecule has 0 unspecified atom stereocenters. The van der Waals surface area contributed by atoms with E-state index in [1.165, 1.54) is 11.3 Å². The Kier molecular flexibility index (Phi) is 7.20. The molecule has 9 nitrogen and oxygen atoms in total. The zero-order valence-electron chi connectivity index (χ0n) is 20.1. The summed E-state index contributed by atoms with van der Waals surface area (Å²) in [5, 5.41) is 20.9. The van der Waals surface area contributed by atoms with Crippen molar-refractivity contribution in [2.24, 2.45) is 0 Å². The van der Waals surface area contributed by atoms with Gasteiger partial charge in [-0.3, -0.25) is 15.5 Å². The molecule has 0 bridgehead atoms. The number of anilines is 2. The van der Waals surface area contributed by atoms with Crippen LogP contribution in [0.1, 0.15) is 36.9 Å². The molecule has 3 N–H and O–H groups in total. The standard InChI is InChI=1S/C24H32N6O3S/c1-16-13-17(5-6-19(16)31)30-21(14-20(28-30)24(2,3)4)26-22(32)27-23-25-15-18(34-23)7-8-29-9-11-33-12-10-29/h5-6,13-15,31H,7-12H2,1-4H3,(H2,25,26,27,32). The second-order valence-corrected chi connectivity index (χ2v) is 10.6. The van der Waals surface area contributed by atoms with Crippen molar-refractivity contribution < 1.29 is 14.6 Å². The maximum atomic E-state index is 12.8. The van der Waals surface area contributed by atoms with Crippen LogP contribution in [0.5, 0.6) is 5.75 Å². The van der Waals surface area contributed by atoms with Crippen molar-refractivity contribution in [2.45, 2.75) is 39.5 Å². The minimum absolute atomic E-state index is 0.200. The van der Waals surface area contributed by atoms with E-state index in [1.54, 1.807) is 16.8 Å². The summed E-state index contributed by atoms with van der Waals surface area (Å²) >= 11 is 1.48. The van der Waals surface area contributed by atoms with Crippen LogP contribution >= 0.6 is 11.3 Å². The van der Waals surface area contributed by atoms with E-state index in [0.29, 0.717) is 10.9 Å².